The number of rotatable bonds is 9. The highest BCUT2D eigenvalue weighted by Gasteiger charge is 2.37. The molecule has 0 amide bonds. The van der Waals surface area contributed by atoms with Crippen LogP contribution < -0.4 is 15.4 Å². The van der Waals surface area contributed by atoms with Crippen LogP contribution in [-0.4, -0.2) is 48.5 Å². The number of carboxylic acid groups (broad SMARTS) is 1. The summed E-state index contributed by atoms with van der Waals surface area (Å²) >= 11 is 6.33. The molecule has 0 aromatic heterocycles. The van der Waals surface area contributed by atoms with Crippen molar-refractivity contribution in [1.82, 2.24) is 5.32 Å². The van der Waals surface area contributed by atoms with Gasteiger partial charge in [-0.15, -0.1) is 12.4 Å². The van der Waals surface area contributed by atoms with Crippen molar-refractivity contribution in [2.45, 2.75) is 31.3 Å². The van der Waals surface area contributed by atoms with Crippen LogP contribution in [0.1, 0.15) is 40.7 Å². The van der Waals surface area contributed by atoms with E-state index in [4.69, 9.17) is 21.6 Å². The van der Waals surface area contributed by atoms with E-state index in [0.717, 1.165) is 31.5 Å². The smallest absolute Gasteiger partial charge is 0.339 e. The number of aliphatic hydroxyl groups is 1. The first-order valence-electron chi connectivity index (χ1n) is 10.6. The number of benzene rings is 2. The second-order valence-electron chi connectivity index (χ2n) is 8.12. The molecule has 0 saturated carbocycles. The van der Waals surface area contributed by atoms with E-state index in [1.165, 1.54) is 13.2 Å². The summed E-state index contributed by atoms with van der Waals surface area (Å²) in [5.41, 5.74) is 1.48. The van der Waals surface area contributed by atoms with Crippen LogP contribution in [0.5, 0.6) is 5.75 Å². The zero-order valence-corrected chi connectivity index (χ0v) is 20.0. The van der Waals surface area contributed by atoms with E-state index in [1.54, 1.807) is 18.2 Å². The van der Waals surface area contributed by atoms with Gasteiger partial charge in [0, 0.05) is 18.5 Å². The SMILES string of the molecule is COc1cc(NCC(CCc2ccc(C#N)cc2)C2(O)CCNCC2)c(Cl)cc1C(=O)O.Cl. The molecule has 1 fully saturated rings. The number of anilines is 1. The average Bonchev–Trinajstić information content (AvgIpc) is 2.80. The zero-order valence-electron chi connectivity index (χ0n) is 18.4. The molecular weight excluding hydrogens is 465 g/mol. The van der Waals surface area contributed by atoms with Gasteiger partial charge in [-0.25, -0.2) is 4.79 Å². The average molecular weight is 494 g/mol. The van der Waals surface area contributed by atoms with Crippen LogP contribution in [-0.2, 0) is 6.42 Å². The summed E-state index contributed by atoms with van der Waals surface area (Å²) in [6.07, 6.45) is 2.82. The Labute approximate surface area is 205 Å². The molecule has 1 atom stereocenters. The van der Waals surface area contributed by atoms with Gasteiger partial charge >= 0.3 is 5.97 Å². The van der Waals surface area contributed by atoms with E-state index >= 15 is 0 Å². The van der Waals surface area contributed by atoms with E-state index in [-0.39, 0.29) is 34.7 Å². The van der Waals surface area contributed by atoms with E-state index in [1.807, 2.05) is 12.1 Å². The molecule has 33 heavy (non-hydrogen) atoms. The summed E-state index contributed by atoms with van der Waals surface area (Å²) < 4.78 is 5.21. The van der Waals surface area contributed by atoms with Gasteiger partial charge in [-0.2, -0.15) is 5.26 Å². The van der Waals surface area contributed by atoms with Crippen molar-refractivity contribution >= 4 is 35.7 Å². The molecule has 1 aliphatic heterocycles. The number of nitriles is 1. The Hall–Kier alpha value is -2.50. The van der Waals surface area contributed by atoms with Crippen LogP contribution in [0.2, 0.25) is 5.02 Å². The number of halogens is 2. The van der Waals surface area contributed by atoms with Gasteiger partial charge in [-0.3, -0.25) is 0 Å². The quantitative estimate of drug-likeness (QED) is 0.415. The highest BCUT2D eigenvalue weighted by atomic mass is 35.5. The van der Waals surface area contributed by atoms with Crippen molar-refractivity contribution in [3.8, 4) is 11.8 Å². The fourth-order valence-corrected chi connectivity index (χ4v) is 4.40. The number of nitrogens with zero attached hydrogens (tertiary/aromatic N) is 1. The Balaban J connectivity index is 0.00000385. The second kappa shape index (κ2) is 12.1. The van der Waals surface area contributed by atoms with Gasteiger partial charge in [-0.05, 0) is 62.5 Å². The number of methoxy groups -OCH3 is 1. The Morgan fingerprint density at radius 2 is 1.97 bits per heavy atom. The van der Waals surface area contributed by atoms with Gasteiger partial charge < -0.3 is 25.6 Å². The highest BCUT2D eigenvalue weighted by molar-refractivity contribution is 6.33. The van der Waals surface area contributed by atoms with Gasteiger partial charge in [0.2, 0.25) is 0 Å². The monoisotopic (exact) mass is 493 g/mol. The predicted octanol–water partition coefficient (Wildman–Crippen LogP) is 4.12. The van der Waals surface area contributed by atoms with Crippen molar-refractivity contribution in [1.29, 1.82) is 5.26 Å². The summed E-state index contributed by atoms with van der Waals surface area (Å²) in [5.74, 6) is -0.944. The summed E-state index contributed by atoms with van der Waals surface area (Å²) in [6, 6.07) is 12.6. The number of hydrogen-bond acceptors (Lipinski definition) is 6. The van der Waals surface area contributed by atoms with Gasteiger partial charge in [0.1, 0.15) is 11.3 Å². The lowest BCUT2D eigenvalue weighted by atomic mass is 9.77. The predicted molar refractivity (Wildman–Crippen MR) is 131 cm³/mol. The van der Waals surface area contributed by atoms with Crippen LogP contribution in [0.15, 0.2) is 36.4 Å². The maximum atomic E-state index is 11.4. The summed E-state index contributed by atoms with van der Waals surface area (Å²) in [5, 5.41) is 36.6. The Kier molecular flexibility index (Phi) is 9.81. The number of ether oxygens (including phenoxy) is 1. The maximum Gasteiger partial charge on any atom is 0.339 e. The summed E-state index contributed by atoms with van der Waals surface area (Å²) in [6.45, 7) is 1.99. The number of aromatic carboxylic acids is 1. The molecule has 178 valence electrons. The molecule has 1 unspecified atom stereocenters. The van der Waals surface area contributed by atoms with Crippen LogP contribution in [0.3, 0.4) is 0 Å². The first-order chi connectivity index (χ1) is 15.4. The normalized spacial score (nSPS) is 15.6. The fourth-order valence-electron chi connectivity index (χ4n) is 4.17. The number of piperidine rings is 1. The van der Waals surface area contributed by atoms with Crippen molar-refractivity contribution in [2.24, 2.45) is 5.92 Å². The van der Waals surface area contributed by atoms with Crippen molar-refractivity contribution < 1.29 is 19.7 Å². The fraction of sp³-hybridized carbons (Fsp3) is 0.417. The van der Waals surface area contributed by atoms with Crippen molar-refractivity contribution in [2.75, 3.05) is 32.1 Å². The molecule has 9 heteroatoms. The minimum Gasteiger partial charge on any atom is -0.496 e. The number of carbonyl (C=O) groups is 1. The van der Waals surface area contributed by atoms with E-state index in [9.17, 15) is 15.0 Å². The molecule has 0 aliphatic carbocycles. The number of hydrogen-bond donors (Lipinski definition) is 4. The second-order valence-corrected chi connectivity index (χ2v) is 8.52. The maximum absolute atomic E-state index is 11.4. The highest BCUT2D eigenvalue weighted by Crippen LogP contribution is 2.34. The largest absolute Gasteiger partial charge is 0.496 e. The number of aryl methyl sites for hydroxylation is 1. The molecule has 0 radical (unpaired) electrons. The van der Waals surface area contributed by atoms with Gasteiger partial charge in [0.25, 0.3) is 0 Å². The lowest BCUT2D eigenvalue weighted by Crippen LogP contribution is -2.49. The Morgan fingerprint density at radius 1 is 1.30 bits per heavy atom. The van der Waals surface area contributed by atoms with Gasteiger partial charge in [0.15, 0.2) is 0 Å². The first-order valence-corrected chi connectivity index (χ1v) is 11.0. The van der Waals surface area contributed by atoms with Crippen LogP contribution >= 0.6 is 24.0 Å². The van der Waals surface area contributed by atoms with Crippen molar-refractivity contribution in [3.05, 3.63) is 58.1 Å². The topological polar surface area (TPSA) is 115 Å². The molecule has 2 aromatic carbocycles. The standard InChI is InChI=1S/C24H28ClN3O4.ClH/c1-32-22-13-21(20(25)12-19(22)23(29)30)28-15-18(24(31)8-10-27-11-9-24)7-6-16-2-4-17(14-26)5-3-16;/h2-5,12-13,18,27-28,31H,6-11,15H2,1H3,(H,29,30);1H. The lowest BCUT2D eigenvalue weighted by molar-refractivity contribution is -0.0418. The molecule has 0 bridgehead atoms. The molecule has 0 spiro atoms. The third-order valence-electron chi connectivity index (χ3n) is 6.15. The minimum absolute atomic E-state index is 0. The lowest BCUT2D eigenvalue weighted by Gasteiger charge is -2.40. The van der Waals surface area contributed by atoms with Gasteiger partial charge in [0.05, 0.1) is 35.1 Å². The first kappa shape index (κ1) is 26.7. The number of carboxylic acids is 1. The Bertz CT molecular complexity index is 986. The molecular formula is C24H29Cl2N3O4. The van der Waals surface area contributed by atoms with E-state index in [2.05, 4.69) is 16.7 Å². The molecule has 1 heterocycles. The van der Waals surface area contributed by atoms with E-state index in [0.29, 0.717) is 30.6 Å². The molecule has 1 aliphatic rings. The molecule has 3 rings (SSSR count). The van der Waals surface area contributed by atoms with Crippen LogP contribution in [0.25, 0.3) is 0 Å². The third-order valence-corrected chi connectivity index (χ3v) is 6.47. The van der Waals surface area contributed by atoms with Crippen molar-refractivity contribution in [3.63, 3.8) is 0 Å². The third kappa shape index (κ3) is 6.75. The molecule has 2 aromatic rings. The summed E-state index contributed by atoms with van der Waals surface area (Å²) in [4.78, 5) is 11.4. The summed E-state index contributed by atoms with van der Waals surface area (Å²) in [7, 11) is 1.41. The molecule has 4 N–H and O–H groups in total. The minimum atomic E-state index is -1.11. The Morgan fingerprint density at radius 3 is 2.55 bits per heavy atom. The molecule has 7 nitrogen and oxygen atoms in total. The molecule has 1 saturated heterocycles. The van der Waals surface area contributed by atoms with Gasteiger partial charge in [-0.1, -0.05) is 23.7 Å². The van der Waals surface area contributed by atoms with Crippen LogP contribution in [0.4, 0.5) is 5.69 Å². The zero-order chi connectivity index (χ0) is 23.1. The number of nitrogens with one attached hydrogen (secondary N) is 2. The van der Waals surface area contributed by atoms with Crippen LogP contribution in [0, 0.1) is 17.2 Å². The van der Waals surface area contributed by atoms with E-state index < -0.39 is 11.6 Å².